The van der Waals surface area contributed by atoms with Crippen LogP contribution < -0.4 is 10.5 Å². The van der Waals surface area contributed by atoms with E-state index < -0.39 is 37.1 Å². The second-order valence-electron chi connectivity index (χ2n) is 7.67. The first-order valence-electron chi connectivity index (χ1n) is 9.74. The number of halogens is 3. The van der Waals surface area contributed by atoms with Crippen molar-refractivity contribution in [3.8, 4) is 5.75 Å². The van der Waals surface area contributed by atoms with Crippen LogP contribution in [0, 0.1) is 17.8 Å². The van der Waals surface area contributed by atoms with Crippen LogP contribution in [0.25, 0.3) is 4.85 Å². The maximum atomic E-state index is 13.9. The van der Waals surface area contributed by atoms with Gasteiger partial charge in [-0.25, -0.2) is 17.7 Å². The van der Waals surface area contributed by atoms with Gasteiger partial charge in [-0.05, 0) is 30.3 Å². The molecule has 2 aromatic carbocycles. The topological polar surface area (TPSA) is 120 Å². The van der Waals surface area contributed by atoms with E-state index in [0.29, 0.717) is 0 Å². The van der Waals surface area contributed by atoms with Gasteiger partial charge in [-0.15, -0.1) is 0 Å². The van der Waals surface area contributed by atoms with Gasteiger partial charge >= 0.3 is 0 Å². The van der Waals surface area contributed by atoms with Crippen LogP contribution in [0.4, 0.5) is 10.1 Å². The zero-order chi connectivity index (χ0) is 25.1. The van der Waals surface area contributed by atoms with Crippen LogP contribution in [-0.2, 0) is 24.3 Å². The van der Waals surface area contributed by atoms with Crippen molar-refractivity contribution in [2.24, 2.45) is 11.1 Å². The summed E-state index contributed by atoms with van der Waals surface area (Å²) in [4.78, 5) is 2.88. The van der Waals surface area contributed by atoms with E-state index in [4.69, 9.17) is 44.4 Å². The molecule has 1 aliphatic heterocycles. The monoisotopic (exact) mass is 551 g/mol. The van der Waals surface area contributed by atoms with Gasteiger partial charge in [0.15, 0.2) is 0 Å². The lowest BCUT2D eigenvalue weighted by Crippen LogP contribution is -2.63. The summed E-state index contributed by atoms with van der Waals surface area (Å²) in [7, 11) is -7.95. The zero-order valence-corrected chi connectivity index (χ0v) is 20.7. The summed E-state index contributed by atoms with van der Waals surface area (Å²) in [5, 5.41) is 0.212. The molecule has 2 aromatic rings. The molecule has 0 aliphatic carbocycles. The van der Waals surface area contributed by atoms with E-state index in [-0.39, 0.29) is 59.2 Å². The van der Waals surface area contributed by atoms with Gasteiger partial charge in [0, 0.05) is 30.7 Å². The van der Waals surface area contributed by atoms with Crippen LogP contribution in [0.5, 0.6) is 5.75 Å². The second kappa shape index (κ2) is 10.3. The number of nitrogens with two attached hydrogens (primary N) is 1. The van der Waals surface area contributed by atoms with Gasteiger partial charge in [-0.2, -0.15) is 12.7 Å². The number of benzene rings is 2. The summed E-state index contributed by atoms with van der Waals surface area (Å²) in [5.41, 5.74) is 4.06. The number of ether oxygens (including phenoxy) is 1. The van der Waals surface area contributed by atoms with Gasteiger partial charge in [-0.1, -0.05) is 23.2 Å². The molecule has 1 fully saturated rings. The lowest BCUT2D eigenvalue weighted by atomic mass is 9.83. The molecule has 0 aromatic heterocycles. The Kier molecular flexibility index (Phi) is 8.09. The maximum absolute atomic E-state index is 13.9. The molecule has 0 atom stereocenters. The highest BCUT2D eigenvalue weighted by molar-refractivity contribution is 7.89. The molecule has 9 nitrogen and oxygen atoms in total. The van der Waals surface area contributed by atoms with Crippen molar-refractivity contribution < 1.29 is 30.1 Å². The molecule has 3 rings (SSSR count). The van der Waals surface area contributed by atoms with Gasteiger partial charge in [0.1, 0.15) is 16.5 Å². The Morgan fingerprint density at radius 3 is 2.41 bits per heavy atom. The number of rotatable bonds is 10. The summed E-state index contributed by atoms with van der Waals surface area (Å²) in [6.45, 7) is 5.92. The van der Waals surface area contributed by atoms with Crippen LogP contribution in [0.2, 0.25) is 10.0 Å². The van der Waals surface area contributed by atoms with E-state index >= 15 is 0 Å². The number of nitrogens with zero attached hydrogens (tertiary/aromatic N) is 2. The SMILES string of the molecule is [C-]#[N+]c1ccc(OCC2(COS(=O)(=O)CCN)CN(S(=O)(=O)c3ccc(Cl)cc3Cl)C2)cc1F. The Morgan fingerprint density at radius 2 is 1.82 bits per heavy atom. The quantitative estimate of drug-likeness (QED) is 0.355. The fourth-order valence-electron chi connectivity index (χ4n) is 3.24. The fraction of sp³-hybridized carbons (Fsp3) is 0.350. The molecule has 0 unspecified atom stereocenters. The van der Waals surface area contributed by atoms with E-state index in [2.05, 4.69) is 4.85 Å². The molecule has 34 heavy (non-hydrogen) atoms. The minimum Gasteiger partial charge on any atom is -0.493 e. The van der Waals surface area contributed by atoms with Crippen LogP contribution in [0.1, 0.15) is 0 Å². The first-order chi connectivity index (χ1) is 15.9. The molecule has 0 radical (unpaired) electrons. The molecule has 0 spiro atoms. The van der Waals surface area contributed by atoms with E-state index in [1.165, 1.54) is 30.3 Å². The molecule has 0 saturated carbocycles. The van der Waals surface area contributed by atoms with E-state index in [1.807, 2.05) is 0 Å². The second-order valence-corrected chi connectivity index (χ2v) is 12.2. The Balaban J connectivity index is 1.80. The minimum absolute atomic E-state index is 0.0570. The molecule has 14 heteroatoms. The molecular weight excluding hydrogens is 532 g/mol. The minimum atomic E-state index is -4.01. The lowest BCUT2D eigenvalue weighted by Gasteiger charge is -2.48. The van der Waals surface area contributed by atoms with Crippen molar-refractivity contribution in [2.45, 2.75) is 4.90 Å². The average Bonchev–Trinajstić information content (AvgIpc) is 2.72. The molecule has 1 aliphatic rings. The highest BCUT2D eigenvalue weighted by Crippen LogP contribution is 2.38. The van der Waals surface area contributed by atoms with E-state index in [9.17, 15) is 21.2 Å². The Bertz CT molecular complexity index is 1330. The lowest BCUT2D eigenvalue weighted by molar-refractivity contribution is -0.0173. The van der Waals surface area contributed by atoms with Gasteiger partial charge in [0.05, 0.1) is 36.0 Å². The standard InChI is InChI=1S/C20H20Cl2FN3O6S2/c1-25-18-4-3-15(9-17(18)23)31-12-20(13-32-33(27,28)7-6-24)10-26(11-20)34(29,30)19-5-2-14(21)8-16(19)22/h2-5,8-9H,6-7,10-13,24H2. The number of hydrogen-bond donors (Lipinski definition) is 1. The van der Waals surface area contributed by atoms with Gasteiger partial charge in [0.25, 0.3) is 10.1 Å². The third kappa shape index (κ3) is 5.98. The van der Waals surface area contributed by atoms with E-state index in [0.717, 1.165) is 10.4 Å². The molecule has 1 heterocycles. The Labute approximate surface area is 207 Å². The van der Waals surface area contributed by atoms with Crippen molar-refractivity contribution in [3.63, 3.8) is 0 Å². The van der Waals surface area contributed by atoms with Gasteiger partial charge < -0.3 is 10.5 Å². The number of hydrogen-bond acceptors (Lipinski definition) is 7. The summed E-state index contributed by atoms with van der Waals surface area (Å²) in [6.07, 6.45) is 0. The number of sulfonamides is 1. The van der Waals surface area contributed by atoms with E-state index in [1.54, 1.807) is 0 Å². The molecule has 0 bridgehead atoms. The third-order valence-electron chi connectivity index (χ3n) is 5.03. The van der Waals surface area contributed by atoms with Gasteiger partial charge in [-0.3, -0.25) is 4.18 Å². The summed E-state index contributed by atoms with van der Waals surface area (Å²) >= 11 is 11.9. The highest BCUT2D eigenvalue weighted by atomic mass is 35.5. The fourth-order valence-corrected chi connectivity index (χ4v) is 6.49. The van der Waals surface area contributed by atoms with Crippen LogP contribution >= 0.6 is 23.2 Å². The highest BCUT2D eigenvalue weighted by Gasteiger charge is 2.50. The van der Waals surface area contributed by atoms with Crippen LogP contribution in [0.3, 0.4) is 0 Å². The normalized spacial score (nSPS) is 16.0. The predicted molar refractivity (Wildman–Crippen MR) is 125 cm³/mol. The van der Waals surface area contributed by atoms with Crippen LogP contribution in [-0.4, -0.2) is 59.7 Å². The van der Waals surface area contributed by atoms with Crippen molar-refractivity contribution in [3.05, 3.63) is 63.7 Å². The summed E-state index contributed by atoms with van der Waals surface area (Å²) in [6, 6.07) is 7.62. The first-order valence-corrected chi connectivity index (χ1v) is 13.5. The zero-order valence-electron chi connectivity index (χ0n) is 17.6. The van der Waals surface area contributed by atoms with Crippen molar-refractivity contribution in [2.75, 3.05) is 38.6 Å². The van der Waals surface area contributed by atoms with Crippen molar-refractivity contribution >= 4 is 49.0 Å². The Hall–Kier alpha value is -1.98. The molecule has 184 valence electrons. The Morgan fingerprint density at radius 1 is 1.12 bits per heavy atom. The van der Waals surface area contributed by atoms with Crippen molar-refractivity contribution in [1.29, 1.82) is 0 Å². The molecule has 1 saturated heterocycles. The third-order valence-corrected chi connectivity index (χ3v) is 8.75. The summed E-state index contributed by atoms with van der Waals surface area (Å²) < 4.78 is 75.8. The first kappa shape index (κ1) is 26.6. The predicted octanol–water partition coefficient (Wildman–Crippen LogP) is 3.06. The maximum Gasteiger partial charge on any atom is 0.268 e. The van der Waals surface area contributed by atoms with Crippen molar-refractivity contribution in [1.82, 2.24) is 4.31 Å². The van der Waals surface area contributed by atoms with Gasteiger partial charge in [0.2, 0.25) is 15.7 Å². The largest absolute Gasteiger partial charge is 0.493 e. The molecular formula is C20H20Cl2FN3O6S2. The average molecular weight is 552 g/mol. The molecule has 2 N–H and O–H groups in total. The molecule has 0 amide bonds. The summed E-state index contributed by atoms with van der Waals surface area (Å²) in [5.74, 6) is -1.09. The smallest absolute Gasteiger partial charge is 0.268 e. The van der Waals surface area contributed by atoms with Crippen LogP contribution in [0.15, 0.2) is 41.3 Å².